The molecular formula is C17H24N4O. The zero-order chi connectivity index (χ0) is 14.9. The van der Waals surface area contributed by atoms with Gasteiger partial charge in [0.15, 0.2) is 0 Å². The standard InChI is InChI=1S/C17H24N4O/c1-19-16-5-3-2-4-15(16)18-17(19)21-8-6-14(7-9-21)20-10-12-22-13-11-20/h2-5,14H,6-13H2,1H3. The van der Waals surface area contributed by atoms with Gasteiger partial charge in [0.25, 0.3) is 0 Å². The Bertz CT molecular complexity index is 639. The predicted molar refractivity (Wildman–Crippen MR) is 88.3 cm³/mol. The maximum Gasteiger partial charge on any atom is 0.206 e. The number of anilines is 1. The SMILES string of the molecule is Cn1c(N2CCC(N3CCOCC3)CC2)nc2ccccc21. The Morgan fingerprint density at radius 2 is 1.77 bits per heavy atom. The van der Waals surface area contributed by atoms with Crippen LogP contribution in [0.1, 0.15) is 12.8 Å². The highest BCUT2D eigenvalue weighted by Crippen LogP contribution is 2.25. The predicted octanol–water partition coefficient (Wildman–Crippen LogP) is 1.87. The highest BCUT2D eigenvalue weighted by atomic mass is 16.5. The van der Waals surface area contributed by atoms with Gasteiger partial charge >= 0.3 is 0 Å². The van der Waals surface area contributed by atoms with E-state index in [1.807, 2.05) is 0 Å². The van der Waals surface area contributed by atoms with Crippen molar-refractivity contribution in [2.45, 2.75) is 18.9 Å². The van der Waals surface area contributed by atoms with Gasteiger partial charge in [-0.3, -0.25) is 4.90 Å². The zero-order valence-electron chi connectivity index (χ0n) is 13.2. The van der Waals surface area contributed by atoms with Gasteiger partial charge in [-0.25, -0.2) is 4.98 Å². The Labute approximate surface area is 131 Å². The lowest BCUT2D eigenvalue weighted by Gasteiger charge is -2.40. The van der Waals surface area contributed by atoms with Crippen molar-refractivity contribution in [1.29, 1.82) is 0 Å². The van der Waals surface area contributed by atoms with Crippen LogP contribution >= 0.6 is 0 Å². The number of para-hydroxylation sites is 2. The van der Waals surface area contributed by atoms with Crippen LogP contribution in [-0.4, -0.2) is 59.9 Å². The van der Waals surface area contributed by atoms with Crippen molar-refractivity contribution in [1.82, 2.24) is 14.5 Å². The van der Waals surface area contributed by atoms with E-state index in [4.69, 9.17) is 9.72 Å². The first-order valence-electron chi connectivity index (χ1n) is 8.31. The topological polar surface area (TPSA) is 33.5 Å². The van der Waals surface area contributed by atoms with Crippen LogP contribution in [0.15, 0.2) is 24.3 Å². The second-order valence-corrected chi connectivity index (χ2v) is 6.33. The van der Waals surface area contributed by atoms with E-state index in [0.717, 1.165) is 56.9 Å². The second kappa shape index (κ2) is 5.89. The summed E-state index contributed by atoms with van der Waals surface area (Å²) in [6, 6.07) is 9.10. The van der Waals surface area contributed by atoms with Gasteiger partial charge in [-0.05, 0) is 25.0 Å². The molecule has 0 aliphatic carbocycles. The largest absolute Gasteiger partial charge is 0.379 e. The van der Waals surface area contributed by atoms with Crippen molar-refractivity contribution in [3.63, 3.8) is 0 Å². The van der Waals surface area contributed by atoms with Crippen LogP contribution in [0.2, 0.25) is 0 Å². The number of ether oxygens (including phenoxy) is 1. The number of aryl methyl sites for hydroxylation is 1. The molecule has 5 nitrogen and oxygen atoms in total. The Hall–Kier alpha value is -1.59. The maximum atomic E-state index is 5.46. The van der Waals surface area contributed by atoms with Crippen LogP contribution in [0.4, 0.5) is 5.95 Å². The van der Waals surface area contributed by atoms with E-state index < -0.39 is 0 Å². The van der Waals surface area contributed by atoms with Gasteiger partial charge in [0.1, 0.15) is 0 Å². The Kier molecular flexibility index (Phi) is 3.76. The first-order chi connectivity index (χ1) is 10.8. The fraction of sp³-hybridized carbons (Fsp3) is 0.588. The molecule has 0 spiro atoms. The number of aromatic nitrogens is 2. The van der Waals surface area contributed by atoms with E-state index >= 15 is 0 Å². The molecule has 1 aromatic carbocycles. The van der Waals surface area contributed by atoms with Gasteiger partial charge in [-0.15, -0.1) is 0 Å². The van der Waals surface area contributed by atoms with E-state index in [1.165, 1.54) is 18.4 Å². The third-order valence-electron chi connectivity index (χ3n) is 5.07. The van der Waals surface area contributed by atoms with Gasteiger partial charge in [-0.1, -0.05) is 12.1 Å². The molecule has 118 valence electrons. The molecule has 3 heterocycles. The average molecular weight is 300 g/mol. The molecule has 22 heavy (non-hydrogen) atoms. The van der Waals surface area contributed by atoms with Crippen LogP contribution in [0.25, 0.3) is 11.0 Å². The quantitative estimate of drug-likeness (QED) is 0.848. The van der Waals surface area contributed by atoms with Gasteiger partial charge in [-0.2, -0.15) is 0 Å². The first kappa shape index (κ1) is 14.0. The number of rotatable bonds is 2. The van der Waals surface area contributed by atoms with Gasteiger partial charge in [0.05, 0.1) is 24.2 Å². The summed E-state index contributed by atoms with van der Waals surface area (Å²) in [5, 5.41) is 0. The number of nitrogens with zero attached hydrogens (tertiary/aromatic N) is 4. The summed E-state index contributed by atoms with van der Waals surface area (Å²) in [4.78, 5) is 9.88. The number of morpholine rings is 1. The van der Waals surface area contributed by atoms with E-state index in [-0.39, 0.29) is 0 Å². The number of hydrogen-bond donors (Lipinski definition) is 0. The van der Waals surface area contributed by atoms with Crippen molar-refractivity contribution in [2.75, 3.05) is 44.3 Å². The molecule has 0 atom stereocenters. The lowest BCUT2D eigenvalue weighted by molar-refractivity contribution is 0.0114. The molecule has 0 radical (unpaired) electrons. The molecule has 2 aliphatic heterocycles. The minimum atomic E-state index is 0.717. The first-order valence-corrected chi connectivity index (χ1v) is 8.31. The number of fused-ring (bicyclic) bond motifs is 1. The van der Waals surface area contributed by atoms with Gasteiger partial charge in [0, 0.05) is 39.3 Å². The number of piperidine rings is 1. The van der Waals surface area contributed by atoms with Crippen molar-refractivity contribution in [2.24, 2.45) is 7.05 Å². The third-order valence-corrected chi connectivity index (χ3v) is 5.07. The minimum absolute atomic E-state index is 0.717. The maximum absolute atomic E-state index is 5.46. The summed E-state index contributed by atoms with van der Waals surface area (Å²) >= 11 is 0. The molecule has 0 N–H and O–H groups in total. The fourth-order valence-corrected chi connectivity index (χ4v) is 3.79. The molecule has 2 aliphatic rings. The monoisotopic (exact) mass is 300 g/mol. The lowest BCUT2D eigenvalue weighted by Crippen LogP contribution is -2.49. The molecule has 0 amide bonds. The molecular weight excluding hydrogens is 276 g/mol. The summed E-state index contributed by atoms with van der Waals surface area (Å²) < 4.78 is 7.69. The number of hydrogen-bond acceptors (Lipinski definition) is 4. The van der Waals surface area contributed by atoms with Crippen LogP contribution in [0.5, 0.6) is 0 Å². The summed E-state index contributed by atoms with van der Waals surface area (Å²) in [7, 11) is 2.12. The van der Waals surface area contributed by atoms with Crippen LogP contribution in [0, 0.1) is 0 Å². The lowest BCUT2D eigenvalue weighted by atomic mass is 10.0. The molecule has 2 aromatic rings. The molecule has 2 fully saturated rings. The van der Waals surface area contributed by atoms with E-state index in [0.29, 0.717) is 0 Å². The molecule has 0 bridgehead atoms. The Balaban J connectivity index is 1.47. The summed E-state index contributed by atoms with van der Waals surface area (Å²) in [5.74, 6) is 1.11. The van der Waals surface area contributed by atoms with Crippen LogP contribution in [0.3, 0.4) is 0 Å². The van der Waals surface area contributed by atoms with Gasteiger partial charge < -0.3 is 14.2 Å². The summed E-state index contributed by atoms with van der Waals surface area (Å²) in [6.45, 7) is 6.17. The Morgan fingerprint density at radius 1 is 1.05 bits per heavy atom. The van der Waals surface area contributed by atoms with Gasteiger partial charge in [0.2, 0.25) is 5.95 Å². The number of imidazole rings is 1. The van der Waals surface area contributed by atoms with Crippen molar-refractivity contribution < 1.29 is 4.74 Å². The molecule has 5 heteroatoms. The van der Waals surface area contributed by atoms with Crippen molar-refractivity contribution in [3.05, 3.63) is 24.3 Å². The van der Waals surface area contributed by atoms with E-state index in [9.17, 15) is 0 Å². The Morgan fingerprint density at radius 3 is 2.50 bits per heavy atom. The normalized spacial score (nSPS) is 21.6. The van der Waals surface area contributed by atoms with Crippen LogP contribution < -0.4 is 4.90 Å². The summed E-state index contributed by atoms with van der Waals surface area (Å²) in [5.41, 5.74) is 2.31. The highest BCUT2D eigenvalue weighted by Gasteiger charge is 2.27. The smallest absolute Gasteiger partial charge is 0.206 e. The molecule has 0 unspecified atom stereocenters. The molecule has 4 rings (SSSR count). The molecule has 2 saturated heterocycles. The fourth-order valence-electron chi connectivity index (χ4n) is 3.79. The van der Waals surface area contributed by atoms with Crippen molar-refractivity contribution >= 4 is 17.0 Å². The average Bonchev–Trinajstić information content (AvgIpc) is 2.93. The minimum Gasteiger partial charge on any atom is -0.379 e. The number of benzene rings is 1. The second-order valence-electron chi connectivity index (χ2n) is 6.33. The summed E-state index contributed by atoms with van der Waals surface area (Å²) in [6.07, 6.45) is 2.45. The van der Waals surface area contributed by atoms with Crippen LogP contribution in [-0.2, 0) is 11.8 Å². The zero-order valence-corrected chi connectivity index (χ0v) is 13.2. The highest BCUT2D eigenvalue weighted by molar-refractivity contribution is 5.78. The molecule has 1 aromatic heterocycles. The third kappa shape index (κ3) is 2.48. The van der Waals surface area contributed by atoms with E-state index in [1.54, 1.807) is 0 Å². The molecule has 0 saturated carbocycles. The van der Waals surface area contributed by atoms with Crippen molar-refractivity contribution in [3.8, 4) is 0 Å². The van der Waals surface area contributed by atoms with E-state index in [2.05, 4.69) is 45.7 Å².